The lowest BCUT2D eigenvalue weighted by Crippen LogP contribution is -2.42. The number of rotatable bonds is 4. The molecule has 6 nitrogen and oxygen atoms in total. The molecule has 0 bridgehead atoms. The van der Waals surface area contributed by atoms with Gasteiger partial charge < -0.3 is 14.9 Å². The summed E-state index contributed by atoms with van der Waals surface area (Å²) in [6.45, 7) is -0.135. The maximum absolute atomic E-state index is 13.8. The zero-order valence-corrected chi connectivity index (χ0v) is 16.9. The summed E-state index contributed by atoms with van der Waals surface area (Å²) in [5, 5.41) is 29.7. The number of nitriles is 3. The summed E-state index contributed by atoms with van der Waals surface area (Å²) in [7, 11) is 0. The summed E-state index contributed by atoms with van der Waals surface area (Å²) in [6, 6.07) is 12.4. The van der Waals surface area contributed by atoms with Crippen molar-refractivity contribution in [1.82, 2.24) is 0 Å². The van der Waals surface area contributed by atoms with Crippen LogP contribution in [0, 0.1) is 57.0 Å². The minimum absolute atomic E-state index is 0.0676. The third-order valence-corrected chi connectivity index (χ3v) is 6.05. The molecule has 4 rings (SSSR count). The Bertz CT molecular complexity index is 1240. The van der Waals surface area contributed by atoms with E-state index in [1.54, 1.807) is 12.1 Å². The van der Waals surface area contributed by atoms with E-state index in [2.05, 4.69) is 6.07 Å². The lowest BCUT2D eigenvalue weighted by atomic mass is 9.58. The quantitative estimate of drug-likeness (QED) is 0.746. The van der Waals surface area contributed by atoms with Crippen molar-refractivity contribution in [2.45, 2.75) is 31.8 Å². The topological polar surface area (TPSA) is 120 Å². The number of halogens is 2. The van der Waals surface area contributed by atoms with Crippen LogP contribution in [0.25, 0.3) is 0 Å². The Labute approximate surface area is 183 Å². The normalized spacial score (nSPS) is 21.5. The van der Waals surface area contributed by atoms with Gasteiger partial charge in [0.2, 0.25) is 0 Å². The summed E-state index contributed by atoms with van der Waals surface area (Å²) in [5.74, 6) is -1.97. The Morgan fingerprint density at radius 3 is 2.62 bits per heavy atom. The molecule has 0 radical (unpaired) electrons. The minimum Gasteiger partial charge on any atom is -0.483 e. The number of allylic oxidation sites excluding steroid dienone is 4. The van der Waals surface area contributed by atoms with Gasteiger partial charge in [0, 0.05) is 6.07 Å². The third kappa shape index (κ3) is 3.29. The zero-order valence-electron chi connectivity index (χ0n) is 16.9. The number of hydrogen-bond acceptors (Lipinski definition) is 6. The van der Waals surface area contributed by atoms with Gasteiger partial charge in [-0.05, 0) is 55.0 Å². The zero-order chi connectivity index (χ0) is 22.9. The van der Waals surface area contributed by atoms with Crippen molar-refractivity contribution in [1.29, 1.82) is 15.8 Å². The Morgan fingerprint density at radius 1 is 1.16 bits per heavy atom. The molecule has 2 aliphatic rings. The predicted octanol–water partition coefficient (Wildman–Crippen LogP) is 4.73. The van der Waals surface area contributed by atoms with Crippen molar-refractivity contribution in [3.05, 3.63) is 76.4 Å². The lowest BCUT2D eigenvalue weighted by Gasteiger charge is -2.42. The summed E-state index contributed by atoms with van der Waals surface area (Å²) >= 11 is 0. The molecule has 2 aromatic rings. The van der Waals surface area contributed by atoms with Gasteiger partial charge in [-0.15, -0.1) is 0 Å². The molecule has 2 aliphatic carbocycles. The highest BCUT2D eigenvalue weighted by molar-refractivity contribution is 5.58. The molecule has 1 heterocycles. The fourth-order valence-electron chi connectivity index (χ4n) is 4.56. The Hall–Kier alpha value is -4.09. The Morgan fingerprint density at radius 2 is 1.94 bits per heavy atom. The van der Waals surface area contributed by atoms with Crippen LogP contribution in [0.5, 0.6) is 5.75 Å². The van der Waals surface area contributed by atoms with E-state index in [9.17, 15) is 24.6 Å². The largest absolute Gasteiger partial charge is 0.483 e. The van der Waals surface area contributed by atoms with Crippen molar-refractivity contribution < 1.29 is 17.9 Å². The fraction of sp³-hybridized carbons (Fsp3) is 0.292. The highest BCUT2D eigenvalue weighted by atomic mass is 19.1. The Balaban J connectivity index is 1.70. The van der Waals surface area contributed by atoms with Crippen molar-refractivity contribution in [2.75, 3.05) is 0 Å². The lowest BCUT2D eigenvalue weighted by molar-refractivity contribution is 0.232. The molecule has 1 aromatic carbocycles. The third-order valence-electron chi connectivity index (χ3n) is 6.05. The highest BCUT2D eigenvalue weighted by Crippen LogP contribution is 2.56. The maximum atomic E-state index is 13.8. The van der Waals surface area contributed by atoms with E-state index in [-0.39, 0.29) is 29.5 Å². The Kier molecular flexibility index (Phi) is 5.43. The van der Waals surface area contributed by atoms with Gasteiger partial charge in [-0.25, -0.2) is 8.78 Å². The van der Waals surface area contributed by atoms with Crippen LogP contribution in [0.2, 0.25) is 0 Å². The number of nitrogens with two attached hydrogens (primary N) is 1. The molecular formula is C24H18F2N4O2. The van der Waals surface area contributed by atoms with Crippen LogP contribution >= 0.6 is 0 Å². The van der Waals surface area contributed by atoms with Crippen molar-refractivity contribution in [2.24, 2.45) is 17.1 Å². The van der Waals surface area contributed by atoms with Gasteiger partial charge in [0.25, 0.3) is 0 Å². The van der Waals surface area contributed by atoms with Crippen molar-refractivity contribution in [3.8, 4) is 24.0 Å². The average Bonchev–Trinajstić information content (AvgIpc) is 3.26. The van der Waals surface area contributed by atoms with Gasteiger partial charge in [-0.1, -0.05) is 6.08 Å². The first kappa shape index (κ1) is 21.2. The molecule has 2 N–H and O–H groups in total. The summed E-state index contributed by atoms with van der Waals surface area (Å²) in [4.78, 5) is 0. The monoisotopic (exact) mass is 432 g/mol. The molecule has 0 amide bonds. The first-order valence-corrected chi connectivity index (χ1v) is 10.0. The van der Waals surface area contributed by atoms with Gasteiger partial charge in [0.05, 0.1) is 29.3 Å². The standard InChI is InChI=1S/C24H18F2N4O2/c25-14-5-7-20(19(26)9-14)31-11-15-6-8-21(32-15)22-17-4-2-1-3-16(17)18(10-27)23(30)24(22,12-28)13-29/h3,5-9,17,22H,1-2,4,11,30H2/t17-,22+/m1/s1. The summed E-state index contributed by atoms with van der Waals surface area (Å²) in [5.41, 5.74) is 5.33. The van der Waals surface area contributed by atoms with Gasteiger partial charge in [-0.2, -0.15) is 15.8 Å². The van der Waals surface area contributed by atoms with Crippen LogP contribution in [-0.2, 0) is 6.61 Å². The van der Waals surface area contributed by atoms with E-state index in [1.165, 1.54) is 6.07 Å². The molecule has 0 fully saturated rings. The van der Waals surface area contributed by atoms with E-state index in [0.29, 0.717) is 17.9 Å². The minimum atomic E-state index is -1.76. The second kappa shape index (κ2) is 8.21. The molecule has 2 atom stereocenters. The molecule has 32 heavy (non-hydrogen) atoms. The second-order valence-electron chi connectivity index (χ2n) is 7.77. The maximum Gasteiger partial charge on any atom is 0.194 e. The van der Waals surface area contributed by atoms with E-state index in [1.807, 2.05) is 18.2 Å². The molecule has 1 aromatic heterocycles. The van der Waals surface area contributed by atoms with Crippen LogP contribution < -0.4 is 10.5 Å². The van der Waals surface area contributed by atoms with Crippen LogP contribution in [0.1, 0.15) is 36.7 Å². The van der Waals surface area contributed by atoms with E-state index in [4.69, 9.17) is 14.9 Å². The van der Waals surface area contributed by atoms with Crippen LogP contribution in [0.3, 0.4) is 0 Å². The highest BCUT2D eigenvalue weighted by Gasteiger charge is 2.55. The van der Waals surface area contributed by atoms with Crippen LogP contribution in [0.4, 0.5) is 8.78 Å². The van der Waals surface area contributed by atoms with Gasteiger partial charge in [-0.3, -0.25) is 0 Å². The van der Waals surface area contributed by atoms with Crippen LogP contribution in [0.15, 0.2) is 57.7 Å². The molecule has 8 heteroatoms. The van der Waals surface area contributed by atoms with E-state index < -0.39 is 23.0 Å². The molecule has 0 saturated heterocycles. The average molecular weight is 432 g/mol. The van der Waals surface area contributed by atoms with E-state index >= 15 is 0 Å². The molecule has 0 unspecified atom stereocenters. The molecule has 0 saturated carbocycles. The van der Waals surface area contributed by atoms with Crippen molar-refractivity contribution >= 4 is 0 Å². The molecular weight excluding hydrogens is 414 g/mol. The predicted molar refractivity (Wildman–Crippen MR) is 108 cm³/mol. The van der Waals surface area contributed by atoms with Gasteiger partial charge >= 0.3 is 0 Å². The van der Waals surface area contributed by atoms with Crippen molar-refractivity contribution in [3.63, 3.8) is 0 Å². The number of furan rings is 1. The number of benzene rings is 1. The SMILES string of the molecule is N#CC1=C(N)C(C#N)(C#N)[C@H](c2ccc(COc3ccc(F)cc3F)o2)[C@@H]2CCCC=C12. The van der Waals surface area contributed by atoms with Gasteiger partial charge in [0.15, 0.2) is 17.0 Å². The first-order valence-electron chi connectivity index (χ1n) is 10.0. The number of hydrogen-bond donors (Lipinski definition) is 1. The molecule has 160 valence electrons. The smallest absolute Gasteiger partial charge is 0.194 e. The summed E-state index contributed by atoms with van der Waals surface area (Å²) in [6.07, 6.45) is 4.24. The molecule has 0 spiro atoms. The van der Waals surface area contributed by atoms with Crippen LogP contribution in [-0.4, -0.2) is 0 Å². The number of fused-ring (bicyclic) bond motifs is 1. The summed E-state index contributed by atoms with van der Waals surface area (Å²) < 4.78 is 38.2. The first-order chi connectivity index (χ1) is 15.4. The molecule has 0 aliphatic heterocycles. The van der Waals surface area contributed by atoms with E-state index in [0.717, 1.165) is 30.5 Å². The number of ether oxygens (including phenoxy) is 1. The fourth-order valence-corrected chi connectivity index (χ4v) is 4.56. The number of nitrogens with zero attached hydrogens (tertiary/aromatic N) is 3. The van der Waals surface area contributed by atoms with Gasteiger partial charge in [0.1, 0.15) is 30.0 Å². The second-order valence-corrected chi connectivity index (χ2v) is 7.77.